The third-order valence-corrected chi connectivity index (χ3v) is 6.25. The Morgan fingerprint density at radius 1 is 1.18 bits per heavy atom. The second kappa shape index (κ2) is 8.35. The minimum Gasteiger partial charge on any atom is -0.503 e. The number of aromatic nitrogens is 1. The van der Waals surface area contributed by atoms with E-state index in [0.29, 0.717) is 33.0 Å². The van der Waals surface area contributed by atoms with Crippen LogP contribution in [-0.4, -0.2) is 28.9 Å². The second-order valence-electron chi connectivity index (χ2n) is 7.88. The van der Waals surface area contributed by atoms with Gasteiger partial charge in [-0.3, -0.25) is 19.5 Å². The van der Waals surface area contributed by atoms with Crippen molar-refractivity contribution in [2.45, 2.75) is 13.0 Å². The van der Waals surface area contributed by atoms with Gasteiger partial charge in [-0.2, -0.15) is 0 Å². The van der Waals surface area contributed by atoms with Crippen LogP contribution in [0.4, 0.5) is 5.69 Å². The van der Waals surface area contributed by atoms with Crippen LogP contribution in [0.5, 0.6) is 5.75 Å². The lowest BCUT2D eigenvalue weighted by Crippen LogP contribution is -2.31. The molecule has 0 fully saturated rings. The highest BCUT2D eigenvalue weighted by molar-refractivity contribution is 6.31. The summed E-state index contributed by atoms with van der Waals surface area (Å²) in [5, 5.41) is 12.0. The van der Waals surface area contributed by atoms with Crippen LogP contribution in [0.1, 0.15) is 27.7 Å². The van der Waals surface area contributed by atoms with Crippen LogP contribution in [0.2, 0.25) is 5.02 Å². The molecule has 34 heavy (non-hydrogen) atoms. The van der Waals surface area contributed by atoms with Crippen LogP contribution in [0.15, 0.2) is 82.7 Å². The number of carbonyl (C=O) groups is 2. The van der Waals surface area contributed by atoms with Crippen LogP contribution in [0.3, 0.4) is 0 Å². The average Bonchev–Trinajstić information content (AvgIpc) is 3.40. The Labute approximate surface area is 199 Å². The topological polar surface area (TPSA) is 92.9 Å². The van der Waals surface area contributed by atoms with Gasteiger partial charge in [0.25, 0.3) is 5.91 Å². The minimum absolute atomic E-state index is 0.0217. The molecule has 0 aliphatic carbocycles. The molecule has 0 bridgehead atoms. The number of Topliss-reactive ketones (excluding diaryl/α,β-unsaturated/α-hetero) is 1. The molecule has 8 heteroatoms. The summed E-state index contributed by atoms with van der Waals surface area (Å²) in [4.78, 5) is 32.4. The number of rotatable bonds is 5. The van der Waals surface area contributed by atoms with Gasteiger partial charge in [0.15, 0.2) is 22.9 Å². The number of aryl methyl sites for hydroxylation is 1. The molecule has 1 N–H and O–H groups in total. The molecule has 1 amide bonds. The number of furan rings is 1. The van der Waals surface area contributed by atoms with Crippen molar-refractivity contribution in [1.29, 1.82) is 0 Å². The first kappa shape index (κ1) is 21.7. The number of ketones is 1. The molecule has 4 aromatic rings. The Bertz CT molecular complexity index is 1480. The van der Waals surface area contributed by atoms with Crippen LogP contribution in [0.25, 0.3) is 11.0 Å². The summed E-state index contributed by atoms with van der Waals surface area (Å²) >= 11 is 6.32. The van der Waals surface area contributed by atoms with E-state index < -0.39 is 23.5 Å². The smallest absolute Gasteiger partial charge is 0.294 e. The summed E-state index contributed by atoms with van der Waals surface area (Å²) in [5.74, 6) is -1.53. The van der Waals surface area contributed by atoms with Crippen molar-refractivity contribution >= 4 is 39.9 Å². The molecule has 2 aromatic heterocycles. The number of nitrogens with zero attached hydrogens (tertiary/aromatic N) is 2. The number of halogens is 1. The zero-order valence-electron chi connectivity index (χ0n) is 18.3. The molecular formula is C26H19ClN2O5. The average molecular weight is 475 g/mol. The highest BCUT2D eigenvalue weighted by Gasteiger charge is 2.45. The lowest BCUT2D eigenvalue weighted by atomic mass is 9.96. The lowest BCUT2D eigenvalue weighted by Gasteiger charge is -2.26. The Kier molecular flexibility index (Phi) is 5.34. The van der Waals surface area contributed by atoms with Crippen LogP contribution < -0.4 is 9.64 Å². The van der Waals surface area contributed by atoms with Crippen LogP contribution in [-0.2, 0) is 4.79 Å². The van der Waals surface area contributed by atoms with E-state index in [1.807, 2.05) is 6.92 Å². The Hall–Kier alpha value is -4.10. The molecule has 0 radical (unpaired) electrons. The number of anilines is 1. The predicted octanol–water partition coefficient (Wildman–Crippen LogP) is 5.58. The molecule has 7 nitrogen and oxygen atoms in total. The van der Waals surface area contributed by atoms with Gasteiger partial charge in [-0.15, -0.1) is 0 Å². The molecule has 5 rings (SSSR count). The fourth-order valence-corrected chi connectivity index (χ4v) is 4.30. The van der Waals surface area contributed by atoms with E-state index in [9.17, 15) is 14.7 Å². The SMILES string of the molecule is COc1cccc2cc(C(=O)C3=C(O)C(=O)N(c4ccc(C)c(Cl)c4)C3c3cccnc3)oc12. The zero-order valence-corrected chi connectivity index (χ0v) is 19.0. The van der Waals surface area contributed by atoms with E-state index in [-0.39, 0.29) is 11.3 Å². The summed E-state index contributed by atoms with van der Waals surface area (Å²) in [7, 11) is 1.51. The van der Waals surface area contributed by atoms with Crippen molar-refractivity contribution in [1.82, 2.24) is 4.98 Å². The van der Waals surface area contributed by atoms with Crippen molar-refractivity contribution in [2.24, 2.45) is 0 Å². The molecule has 0 saturated heterocycles. The van der Waals surface area contributed by atoms with Gasteiger partial charge in [0.1, 0.15) is 0 Å². The molecule has 1 aliphatic heterocycles. The molecule has 0 spiro atoms. The monoisotopic (exact) mass is 474 g/mol. The van der Waals surface area contributed by atoms with E-state index in [1.165, 1.54) is 12.0 Å². The van der Waals surface area contributed by atoms with E-state index in [4.69, 9.17) is 20.8 Å². The number of carbonyl (C=O) groups excluding carboxylic acids is 2. The van der Waals surface area contributed by atoms with E-state index in [0.717, 1.165) is 5.56 Å². The normalized spacial score (nSPS) is 15.9. The van der Waals surface area contributed by atoms with Gasteiger partial charge in [0, 0.05) is 28.5 Å². The molecule has 3 heterocycles. The van der Waals surface area contributed by atoms with Gasteiger partial charge in [-0.25, -0.2) is 0 Å². The second-order valence-corrected chi connectivity index (χ2v) is 8.29. The van der Waals surface area contributed by atoms with Gasteiger partial charge in [0.2, 0.25) is 5.78 Å². The largest absolute Gasteiger partial charge is 0.503 e. The van der Waals surface area contributed by atoms with Crippen molar-refractivity contribution in [3.63, 3.8) is 0 Å². The van der Waals surface area contributed by atoms with Crippen LogP contribution in [0, 0.1) is 6.92 Å². The lowest BCUT2D eigenvalue weighted by molar-refractivity contribution is -0.117. The summed E-state index contributed by atoms with van der Waals surface area (Å²) in [5.41, 5.74) is 2.12. The third kappa shape index (κ3) is 3.41. The Morgan fingerprint density at radius 2 is 2.00 bits per heavy atom. The molecular weight excluding hydrogens is 456 g/mol. The molecule has 1 unspecified atom stereocenters. The van der Waals surface area contributed by atoms with Gasteiger partial charge < -0.3 is 14.3 Å². The first-order valence-electron chi connectivity index (χ1n) is 10.4. The van der Waals surface area contributed by atoms with Crippen molar-refractivity contribution < 1.29 is 23.8 Å². The maximum absolute atomic E-state index is 13.7. The first-order chi connectivity index (χ1) is 16.4. The fourth-order valence-electron chi connectivity index (χ4n) is 4.13. The summed E-state index contributed by atoms with van der Waals surface area (Å²) < 4.78 is 11.1. The third-order valence-electron chi connectivity index (χ3n) is 5.84. The van der Waals surface area contributed by atoms with Crippen molar-refractivity contribution in [3.05, 3.63) is 100 Å². The number of hydrogen-bond donors (Lipinski definition) is 1. The predicted molar refractivity (Wildman–Crippen MR) is 127 cm³/mol. The maximum Gasteiger partial charge on any atom is 0.294 e. The highest BCUT2D eigenvalue weighted by Crippen LogP contribution is 2.43. The van der Waals surface area contributed by atoms with Gasteiger partial charge in [-0.1, -0.05) is 35.9 Å². The number of methoxy groups -OCH3 is 1. The number of pyridine rings is 1. The number of para-hydroxylation sites is 1. The van der Waals surface area contributed by atoms with Gasteiger partial charge >= 0.3 is 0 Å². The van der Waals surface area contributed by atoms with E-state index in [2.05, 4.69) is 4.98 Å². The number of aliphatic hydroxyl groups excluding tert-OH is 1. The standard InChI is InChI=1S/C26H19ClN2O5/c1-14-8-9-17(12-18(14)27)29-22(16-6-4-10-28-13-16)21(24(31)26(29)32)23(30)20-11-15-5-3-7-19(33-2)25(15)34-20/h3-13,22,31H,1-2H3. The quantitative estimate of drug-likeness (QED) is 0.379. The number of amides is 1. The highest BCUT2D eigenvalue weighted by atomic mass is 35.5. The number of ether oxygens (including phenoxy) is 1. The van der Waals surface area contributed by atoms with Crippen molar-refractivity contribution in [2.75, 3.05) is 12.0 Å². The summed E-state index contributed by atoms with van der Waals surface area (Å²) in [6.07, 6.45) is 3.14. The molecule has 2 aromatic carbocycles. The molecule has 1 aliphatic rings. The fraction of sp³-hybridized carbons (Fsp3) is 0.115. The summed E-state index contributed by atoms with van der Waals surface area (Å²) in [6, 6.07) is 14.5. The summed E-state index contributed by atoms with van der Waals surface area (Å²) in [6.45, 7) is 1.84. The molecule has 170 valence electrons. The van der Waals surface area contributed by atoms with Gasteiger partial charge in [0.05, 0.1) is 18.7 Å². The van der Waals surface area contributed by atoms with E-state index in [1.54, 1.807) is 67.0 Å². The zero-order chi connectivity index (χ0) is 24.0. The molecule has 1 atom stereocenters. The Morgan fingerprint density at radius 3 is 2.71 bits per heavy atom. The van der Waals surface area contributed by atoms with Crippen LogP contribution >= 0.6 is 11.6 Å². The van der Waals surface area contributed by atoms with Crippen molar-refractivity contribution in [3.8, 4) is 5.75 Å². The first-order valence-corrected chi connectivity index (χ1v) is 10.8. The Balaban J connectivity index is 1.66. The minimum atomic E-state index is -0.928. The number of aliphatic hydroxyl groups is 1. The number of benzene rings is 2. The maximum atomic E-state index is 13.7. The van der Waals surface area contributed by atoms with Gasteiger partial charge in [-0.05, 0) is 48.4 Å². The van der Waals surface area contributed by atoms with E-state index >= 15 is 0 Å². The molecule has 0 saturated carbocycles. The number of hydrogen-bond acceptors (Lipinski definition) is 6. The number of fused-ring (bicyclic) bond motifs is 1.